The molecule has 1 aromatic heterocycles. The molecule has 4 rings (SSSR count). The van der Waals surface area contributed by atoms with Gasteiger partial charge in [-0.2, -0.15) is 4.31 Å². The first-order chi connectivity index (χ1) is 15.9. The number of hydrogen-bond acceptors (Lipinski definition) is 5. The number of nitrogens with zero attached hydrogens (tertiary/aromatic N) is 4. The van der Waals surface area contributed by atoms with E-state index in [0.717, 1.165) is 43.0 Å². The molecule has 0 aliphatic carbocycles. The van der Waals surface area contributed by atoms with Crippen molar-refractivity contribution in [1.29, 1.82) is 0 Å². The molecule has 2 aromatic carbocycles. The molecule has 9 heteroatoms. The summed E-state index contributed by atoms with van der Waals surface area (Å²) in [5, 5.41) is 11.6. The molecule has 3 aromatic rings. The maximum atomic E-state index is 12.8. The first-order valence-electron chi connectivity index (χ1n) is 11.4. The van der Waals surface area contributed by atoms with Crippen molar-refractivity contribution in [3.63, 3.8) is 0 Å². The van der Waals surface area contributed by atoms with E-state index < -0.39 is 10.0 Å². The molecule has 0 saturated carbocycles. The number of aromatic nitrogens is 3. The molecule has 0 radical (unpaired) electrons. The molecule has 2 heterocycles. The lowest BCUT2D eigenvalue weighted by molar-refractivity contribution is 0.102. The molecule has 0 fully saturated rings. The minimum Gasteiger partial charge on any atom is -0.322 e. The molecule has 0 saturated heterocycles. The van der Waals surface area contributed by atoms with Crippen LogP contribution in [0.15, 0.2) is 53.4 Å². The zero-order chi connectivity index (χ0) is 23.4. The van der Waals surface area contributed by atoms with Gasteiger partial charge >= 0.3 is 0 Å². The molecule has 33 heavy (non-hydrogen) atoms. The molecule has 0 atom stereocenters. The highest BCUT2D eigenvalue weighted by Gasteiger charge is 2.22. The van der Waals surface area contributed by atoms with Crippen LogP contribution in [0.5, 0.6) is 0 Å². The second-order valence-corrected chi connectivity index (χ2v) is 9.99. The fourth-order valence-electron chi connectivity index (χ4n) is 4.11. The second kappa shape index (κ2) is 9.84. The van der Waals surface area contributed by atoms with Crippen LogP contribution >= 0.6 is 0 Å². The quantitative estimate of drug-likeness (QED) is 0.567. The zero-order valence-corrected chi connectivity index (χ0v) is 19.8. The topological polar surface area (TPSA) is 97.2 Å². The van der Waals surface area contributed by atoms with Gasteiger partial charge in [0.1, 0.15) is 5.82 Å². The molecule has 0 unspecified atom stereocenters. The molecule has 0 spiro atoms. The lowest BCUT2D eigenvalue weighted by Gasteiger charge is -2.18. The normalized spacial score (nSPS) is 14.0. The SMILES string of the molecule is CCN(CC)S(=O)(=O)c1cccc(C(=O)Nc2ccc(-c3nnc4n3CCCCC4)cc2)c1. The Morgan fingerprint density at radius 3 is 2.52 bits per heavy atom. The van der Waals surface area contributed by atoms with Crippen molar-refractivity contribution in [3.8, 4) is 11.4 Å². The van der Waals surface area contributed by atoms with E-state index >= 15 is 0 Å². The summed E-state index contributed by atoms with van der Waals surface area (Å²) in [5.74, 6) is 1.51. The van der Waals surface area contributed by atoms with Crippen LogP contribution in [0.25, 0.3) is 11.4 Å². The van der Waals surface area contributed by atoms with Crippen LogP contribution in [0.3, 0.4) is 0 Å². The predicted molar refractivity (Wildman–Crippen MR) is 128 cm³/mol. The average Bonchev–Trinajstić information content (AvgIpc) is 3.08. The molecular formula is C24H29N5O3S. The maximum absolute atomic E-state index is 12.8. The number of amides is 1. The van der Waals surface area contributed by atoms with Crippen LogP contribution in [-0.2, 0) is 23.0 Å². The number of carbonyl (C=O) groups is 1. The summed E-state index contributed by atoms with van der Waals surface area (Å²) in [7, 11) is -3.63. The van der Waals surface area contributed by atoms with Crippen molar-refractivity contribution in [3.05, 3.63) is 59.9 Å². The third-order valence-corrected chi connectivity index (χ3v) is 8.00. The molecule has 1 aliphatic rings. The first kappa shape index (κ1) is 23.1. The fraction of sp³-hybridized carbons (Fsp3) is 0.375. The van der Waals surface area contributed by atoms with Gasteiger partial charge in [-0.15, -0.1) is 10.2 Å². The summed E-state index contributed by atoms with van der Waals surface area (Å²) in [6, 6.07) is 13.6. The summed E-state index contributed by atoms with van der Waals surface area (Å²) in [5.41, 5.74) is 1.85. The Morgan fingerprint density at radius 1 is 1.03 bits per heavy atom. The summed E-state index contributed by atoms with van der Waals surface area (Å²) in [6.07, 6.45) is 4.41. The van der Waals surface area contributed by atoms with Gasteiger partial charge in [-0.1, -0.05) is 26.3 Å². The minimum atomic E-state index is -3.63. The maximum Gasteiger partial charge on any atom is 0.255 e. The van der Waals surface area contributed by atoms with Crippen molar-refractivity contribution >= 4 is 21.6 Å². The molecule has 1 N–H and O–H groups in total. The summed E-state index contributed by atoms with van der Waals surface area (Å²) in [4.78, 5) is 12.9. The van der Waals surface area contributed by atoms with E-state index in [2.05, 4.69) is 20.1 Å². The number of anilines is 1. The van der Waals surface area contributed by atoms with E-state index in [1.165, 1.54) is 22.9 Å². The van der Waals surface area contributed by atoms with Crippen LogP contribution in [0, 0.1) is 0 Å². The lowest BCUT2D eigenvalue weighted by atomic mass is 10.1. The predicted octanol–water partition coefficient (Wildman–Crippen LogP) is 3.95. The Kier molecular flexibility index (Phi) is 6.90. The fourth-order valence-corrected chi connectivity index (χ4v) is 5.62. The number of aryl methyl sites for hydroxylation is 1. The van der Waals surface area contributed by atoms with E-state index in [-0.39, 0.29) is 16.4 Å². The number of benzene rings is 2. The van der Waals surface area contributed by atoms with Gasteiger partial charge in [0.05, 0.1) is 4.90 Å². The Labute approximate surface area is 194 Å². The number of hydrogen-bond donors (Lipinski definition) is 1. The highest BCUT2D eigenvalue weighted by molar-refractivity contribution is 7.89. The molecule has 1 amide bonds. The number of carbonyl (C=O) groups excluding carboxylic acids is 1. The molecule has 174 valence electrons. The van der Waals surface area contributed by atoms with E-state index in [9.17, 15) is 13.2 Å². The Hall–Kier alpha value is -3.04. The van der Waals surface area contributed by atoms with Crippen molar-refractivity contribution in [1.82, 2.24) is 19.1 Å². The van der Waals surface area contributed by atoms with Gasteiger partial charge in [0, 0.05) is 42.9 Å². The smallest absolute Gasteiger partial charge is 0.255 e. The zero-order valence-electron chi connectivity index (χ0n) is 19.0. The summed E-state index contributed by atoms with van der Waals surface area (Å²) in [6.45, 7) is 5.24. The van der Waals surface area contributed by atoms with Gasteiger partial charge in [0.15, 0.2) is 5.82 Å². The number of rotatable bonds is 7. The Bertz CT molecular complexity index is 1230. The van der Waals surface area contributed by atoms with Crippen LogP contribution in [0.1, 0.15) is 49.3 Å². The average molecular weight is 468 g/mol. The number of nitrogens with one attached hydrogen (secondary N) is 1. The van der Waals surface area contributed by atoms with E-state index in [1.807, 2.05) is 24.3 Å². The van der Waals surface area contributed by atoms with Gasteiger partial charge in [0.25, 0.3) is 5.91 Å². The van der Waals surface area contributed by atoms with Gasteiger partial charge in [-0.3, -0.25) is 4.79 Å². The van der Waals surface area contributed by atoms with E-state index in [0.29, 0.717) is 18.8 Å². The van der Waals surface area contributed by atoms with E-state index in [4.69, 9.17) is 0 Å². The molecule has 0 bridgehead atoms. The molecule has 8 nitrogen and oxygen atoms in total. The van der Waals surface area contributed by atoms with Crippen LogP contribution in [0.4, 0.5) is 5.69 Å². The molecular weight excluding hydrogens is 438 g/mol. The Balaban J connectivity index is 1.51. The Morgan fingerprint density at radius 2 is 1.79 bits per heavy atom. The monoisotopic (exact) mass is 467 g/mol. The highest BCUT2D eigenvalue weighted by Crippen LogP contribution is 2.24. The first-order valence-corrected chi connectivity index (χ1v) is 12.8. The number of fused-ring (bicyclic) bond motifs is 1. The third kappa shape index (κ3) is 4.84. The van der Waals surface area contributed by atoms with E-state index in [1.54, 1.807) is 26.0 Å². The highest BCUT2D eigenvalue weighted by atomic mass is 32.2. The molecule has 1 aliphatic heterocycles. The van der Waals surface area contributed by atoms with Crippen molar-refractivity contribution in [2.75, 3.05) is 18.4 Å². The third-order valence-electron chi connectivity index (χ3n) is 5.95. The van der Waals surface area contributed by atoms with Crippen LogP contribution in [-0.4, -0.2) is 46.5 Å². The largest absolute Gasteiger partial charge is 0.322 e. The van der Waals surface area contributed by atoms with Gasteiger partial charge in [-0.25, -0.2) is 8.42 Å². The van der Waals surface area contributed by atoms with Crippen molar-refractivity contribution in [2.24, 2.45) is 0 Å². The number of sulfonamides is 1. The van der Waals surface area contributed by atoms with Gasteiger partial charge in [0.2, 0.25) is 10.0 Å². The summed E-state index contributed by atoms with van der Waals surface area (Å²) < 4.78 is 29.1. The second-order valence-electron chi connectivity index (χ2n) is 8.05. The van der Waals surface area contributed by atoms with Crippen molar-refractivity contribution in [2.45, 2.75) is 51.0 Å². The van der Waals surface area contributed by atoms with Gasteiger partial charge in [-0.05, 0) is 55.3 Å². The van der Waals surface area contributed by atoms with Crippen LogP contribution in [0.2, 0.25) is 0 Å². The standard InChI is InChI=1S/C24H29N5O3S/c1-3-28(4-2)33(31,32)21-10-8-9-19(17-21)24(30)25-20-14-12-18(13-15-20)23-27-26-22-11-6-5-7-16-29(22)23/h8-10,12-15,17H,3-7,11,16H2,1-2H3,(H,25,30). The van der Waals surface area contributed by atoms with Gasteiger partial charge < -0.3 is 9.88 Å². The summed E-state index contributed by atoms with van der Waals surface area (Å²) >= 11 is 0. The minimum absolute atomic E-state index is 0.113. The van der Waals surface area contributed by atoms with Crippen LogP contribution < -0.4 is 5.32 Å². The van der Waals surface area contributed by atoms with Crippen molar-refractivity contribution < 1.29 is 13.2 Å². The lowest BCUT2D eigenvalue weighted by Crippen LogP contribution is -2.30.